The van der Waals surface area contributed by atoms with Gasteiger partial charge in [0.25, 0.3) is 0 Å². The van der Waals surface area contributed by atoms with Gasteiger partial charge in [0.15, 0.2) is 12.6 Å². The van der Waals surface area contributed by atoms with Crippen molar-refractivity contribution < 1.29 is 46.4 Å². The second kappa shape index (κ2) is 53.9. The lowest BCUT2D eigenvalue weighted by Gasteiger charge is -2.22. The van der Waals surface area contributed by atoms with Crippen molar-refractivity contribution in [3.05, 3.63) is 48.6 Å². The van der Waals surface area contributed by atoms with Crippen LogP contribution in [0, 0.1) is 0 Å². The normalized spacial score (nSPS) is 12.5. The standard InChI is InChI=1S/C58H108N2O10S/c1-5-9-13-17-25-36-50-67-57(68-51-37-26-18-14-10-6-2)43-41-55(61)65-48-34-29-21-23-31-45-60(47-33-40-54-71(59,63)64)46-32-24-22-30-35-49-66-56(62)42-44-58(69-52-38-27-19-15-11-7-3)70-53-39-28-20-16-12-8-4/h9-16,57-58H,5-8,17-54H2,1-4H3,(H2,59,63,64)/b13-9-,14-10-,15-11-,16-12-. The summed E-state index contributed by atoms with van der Waals surface area (Å²) in [7, 11) is -3.45. The van der Waals surface area contributed by atoms with E-state index in [0.29, 0.717) is 58.9 Å². The second-order valence-electron chi connectivity index (χ2n) is 18.8. The maximum atomic E-state index is 12.6. The van der Waals surface area contributed by atoms with E-state index in [9.17, 15) is 18.0 Å². The van der Waals surface area contributed by atoms with E-state index in [1.54, 1.807) is 0 Å². The number of nitrogens with zero attached hydrogens (tertiary/aromatic N) is 1. The van der Waals surface area contributed by atoms with Crippen molar-refractivity contribution >= 4 is 22.0 Å². The summed E-state index contributed by atoms with van der Waals surface area (Å²) in [5, 5.41) is 5.25. The topological polar surface area (TPSA) is 153 Å². The van der Waals surface area contributed by atoms with E-state index >= 15 is 0 Å². The van der Waals surface area contributed by atoms with Gasteiger partial charge in [0.05, 0.1) is 31.8 Å². The number of sulfonamides is 1. The van der Waals surface area contributed by atoms with E-state index in [2.05, 4.69) is 81.2 Å². The van der Waals surface area contributed by atoms with Crippen LogP contribution in [0.4, 0.5) is 0 Å². The van der Waals surface area contributed by atoms with E-state index in [-0.39, 0.29) is 43.1 Å². The van der Waals surface area contributed by atoms with E-state index in [1.807, 2.05) is 0 Å². The first-order valence-electron chi connectivity index (χ1n) is 28.7. The third-order valence-corrected chi connectivity index (χ3v) is 12.8. The summed E-state index contributed by atoms with van der Waals surface area (Å²) in [5.74, 6) is -0.373. The Balaban J connectivity index is 4.50. The Morgan fingerprint density at radius 1 is 0.408 bits per heavy atom. The average molecular weight is 1030 g/mol. The Labute approximate surface area is 436 Å². The van der Waals surface area contributed by atoms with Gasteiger partial charge in [0, 0.05) is 39.3 Å². The summed E-state index contributed by atoms with van der Waals surface area (Å²) in [6, 6.07) is 0. The first-order valence-corrected chi connectivity index (χ1v) is 30.5. The van der Waals surface area contributed by atoms with Crippen molar-refractivity contribution in [3.63, 3.8) is 0 Å². The van der Waals surface area contributed by atoms with Crippen LogP contribution < -0.4 is 5.14 Å². The van der Waals surface area contributed by atoms with Crippen LogP contribution in [0.3, 0.4) is 0 Å². The third kappa shape index (κ3) is 53.7. The average Bonchev–Trinajstić information content (AvgIpc) is 3.35. The number of carbonyl (C=O) groups is 2. The molecule has 416 valence electrons. The molecule has 12 nitrogen and oxygen atoms in total. The van der Waals surface area contributed by atoms with Crippen molar-refractivity contribution in [2.75, 3.05) is 65.0 Å². The van der Waals surface area contributed by atoms with Crippen molar-refractivity contribution in [3.8, 4) is 0 Å². The molecule has 0 aliphatic heterocycles. The highest BCUT2D eigenvalue weighted by atomic mass is 32.2. The van der Waals surface area contributed by atoms with Crippen LogP contribution in [0.1, 0.15) is 233 Å². The predicted octanol–water partition coefficient (Wildman–Crippen LogP) is 14.2. The second-order valence-corrected chi connectivity index (χ2v) is 20.5. The zero-order valence-electron chi connectivity index (χ0n) is 46.0. The lowest BCUT2D eigenvalue weighted by Crippen LogP contribution is -2.28. The van der Waals surface area contributed by atoms with Crippen LogP contribution in [-0.4, -0.2) is 103 Å². The SMILES string of the molecule is CC/C=C\CCCCOC(CCC(=O)OCCCCCCCN(CCCCCCCOC(=O)CCC(OCCCC/C=C\CC)OCCCC/C=C\CC)CCCCS(N)(=O)=O)OCCCC/C=C\CC. The van der Waals surface area contributed by atoms with Crippen LogP contribution in [-0.2, 0) is 48.0 Å². The summed E-state index contributed by atoms with van der Waals surface area (Å²) in [4.78, 5) is 27.7. The number of carbonyl (C=O) groups excluding carboxylic acids is 2. The van der Waals surface area contributed by atoms with E-state index in [1.165, 1.54) is 0 Å². The molecule has 0 rings (SSSR count). The monoisotopic (exact) mass is 1020 g/mol. The fraction of sp³-hybridized carbons (Fsp3) is 0.828. The van der Waals surface area contributed by atoms with E-state index in [4.69, 9.17) is 33.6 Å². The summed E-state index contributed by atoms with van der Waals surface area (Å²) in [6.45, 7) is 14.8. The number of nitrogens with two attached hydrogens (primary N) is 1. The first kappa shape index (κ1) is 68.6. The molecule has 0 spiro atoms. The highest BCUT2D eigenvalue weighted by molar-refractivity contribution is 7.89. The Morgan fingerprint density at radius 2 is 0.704 bits per heavy atom. The minimum Gasteiger partial charge on any atom is -0.466 e. The van der Waals surface area contributed by atoms with Crippen LogP contribution in [0.25, 0.3) is 0 Å². The molecule has 0 atom stereocenters. The Kier molecular flexibility index (Phi) is 52.1. The van der Waals surface area contributed by atoms with Gasteiger partial charge in [0.1, 0.15) is 0 Å². The maximum Gasteiger partial charge on any atom is 0.305 e. The van der Waals surface area contributed by atoms with Crippen molar-refractivity contribution in [2.45, 2.75) is 246 Å². The molecule has 0 unspecified atom stereocenters. The van der Waals surface area contributed by atoms with Gasteiger partial charge in [-0.2, -0.15) is 0 Å². The van der Waals surface area contributed by atoms with Gasteiger partial charge < -0.3 is 33.3 Å². The molecule has 0 fully saturated rings. The molecule has 0 aliphatic rings. The van der Waals surface area contributed by atoms with Crippen molar-refractivity contribution in [2.24, 2.45) is 5.14 Å². The molecule has 0 bridgehead atoms. The number of primary sulfonamides is 1. The fourth-order valence-electron chi connectivity index (χ4n) is 7.78. The molecule has 0 radical (unpaired) electrons. The molecule has 0 heterocycles. The van der Waals surface area contributed by atoms with Gasteiger partial charge in [-0.25, -0.2) is 13.6 Å². The zero-order valence-corrected chi connectivity index (χ0v) is 46.8. The molecular formula is C58H108N2O10S. The number of hydrogen-bond acceptors (Lipinski definition) is 11. The summed E-state index contributed by atoms with van der Waals surface area (Å²) in [5.41, 5.74) is 0. The van der Waals surface area contributed by atoms with Crippen LogP contribution in [0.2, 0.25) is 0 Å². The molecule has 0 aromatic carbocycles. The van der Waals surface area contributed by atoms with Crippen LogP contribution in [0.5, 0.6) is 0 Å². The van der Waals surface area contributed by atoms with Gasteiger partial charge in [-0.15, -0.1) is 0 Å². The zero-order chi connectivity index (χ0) is 52.0. The number of ether oxygens (including phenoxy) is 6. The molecule has 0 saturated heterocycles. The largest absolute Gasteiger partial charge is 0.466 e. The minimum atomic E-state index is -3.45. The molecule has 2 N–H and O–H groups in total. The molecule has 71 heavy (non-hydrogen) atoms. The van der Waals surface area contributed by atoms with Gasteiger partial charge >= 0.3 is 11.9 Å². The lowest BCUT2D eigenvalue weighted by molar-refractivity contribution is -0.159. The number of rotatable bonds is 55. The Morgan fingerprint density at radius 3 is 1.03 bits per heavy atom. The first-order chi connectivity index (χ1) is 34.6. The molecule has 0 amide bonds. The number of allylic oxidation sites excluding steroid dienone is 8. The number of esters is 2. The van der Waals surface area contributed by atoms with E-state index in [0.717, 1.165) is 193 Å². The molecule has 0 saturated carbocycles. The maximum absolute atomic E-state index is 12.6. The molecule has 13 heteroatoms. The number of unbranched alkanes of at least 4 members (excludes halogenated alkanes) is 17. The minimum absolute atomic E-state index is 0.0178. The summed E-state index contributed by atoms with van der Waals surface area (Å²) < 4.78 is 58.4. The van der Waals surface area contributed by atoms with Gasteiger partial charge in [-0.1, -0.05) is 115 Å². The van der Waals surface area contributed by atoms with Crippen LogP contribution >= 0.6 is 0 Å². The highest BCUT2D eigenvalue weighted by Crippen LogP contribution is 2.14. The van der Waals surface area contributed by atoms with Gasteiger partial charge in [-0.3, -0.25) is 9.59 Å². The molecule has 0 aliphatic carbocycles. The quantitative estimate of drug-likeness (QED) is 0.0268. The fourth-order valence-corrected chi connectivity index (χ4v) is 8.39. The van der Waals surface area contributed by atoms with Crippen molar-refractivity contribution in [1.82, 2.24) is 4.90 Å². The molecule has 0 aromatic rings. The van der Waals surface area contributed by atoms with Crippen molar-refractivity contribution in [1.29, 1.82) is 0 Å². The van der Waals surface area contributed by atoms with Gasteiger partial charge in [0.2, 0.25) is 10.0 Å². The smallest absolute Gasteiger partial charge is 0.305 e. The molecular weight excluding hydrogens is 917 g/mol. The third-order valence-electron chi connectivity index (χ3n) is 12.0. The highest BCUT2D eigenvalue weighted by Gasteiger charge is 2.15. The van der Waals surface area contributed by atoms with E-state index < -0.39 is 10.0 Å². The summed E-state index contributed by atoms with van der Waals surface area (Å²) >= 11 is 0. The predicted molar refractivity (Wildman–Crippen MR) is 295 cm³/mol. The molecule has 0 aromatic heterocycles. The number of hydrogen-bond donors (Lipinski definition) is 1. The summed E-state index contributed by atoms with van der Waals surface area (Å²) in [6.07, 6.45) is 46.7. The van der Waals surface area contributed by atoms with Gasteiger partial charge in [-0.05, 0) is 161 Å². The lowest BCUT2D eigenvalue weighted by atomic mass is 10.1. The Hall–Kier alpha value is -2.39. The Bertz CT molecular complexity index is 1270. The van der Waals surface area contributed by atoms with Crippen LogP contribution in [0.15, 0.2) is 48.6 Å².